The Labute approximate surface area is 170 Å². The van der Waals surface area contributed by atoms with E-state index in [0.29, 0.717) is 28.4 Å². The Balaban J connectivity index is 1.46. The summed E-state index contributed by atoms with van der Waals surface area (Å²) in [5, 5.41) is 10.4. The molecule has 0 N–H and O–H groups in total. The summed E-state index contributed by atoms with van der Waals surface area (Å²) in [5.41, 5.74) is 3.00. The number of nitrogens with zero attached hydrogens (tertiary/aromatic N) is 3. The largest absolute Gasteiger partial charge is 0.416 e. The summed E-state index contributed by atoms with van der Waals surface area (Å²) in [4.78, 5) is 5.70. The number of aromatic nitrogens is 3. The zero-order chi connectivity index (χ0) is 18.6. The molecule has 0 atom stereocenters. The Bertz CT molecular complexity index is 1070. The zero-order valence-corrected chi connectivity index (χ0v) is 16.9. The van der Waals surface area contributed by atoms with Crippen LogP contribution in [0.15, 0.2) is 69.1 Å². The molecule has 0 spiro atoms. The molecule has 0 bridgehead atoms. The van der Waals surface area contributed by atoms with E-state index < -0.39 is 0 Å². The van der Waals surface area contributed by atoms with Crippen LogP contribution in [0, 0.1) is 0 Å². The minimum atomic E-state index is 0.511. The van der Waals surface area contributed by atoms with Gasteiger partial charge in [0, 0.05) is 21.6 Å². The van der Waals surface area contributed by atoms with Gasteiger partial charge in [-0.25, -0.2) is 4.98 Å². The molecule has 4 aromatic rings. The molecule has 0 aliphatic carbocycles. The molecule has 0 aliphatic rings. The summed E-state index contributed by atoms with van der Waals surface area (Å²) < 4.78 is 5.74. The van der Waals surface area contributed by atoms with Crippen LogP contribution < -0.4 is 0 Å². The van der Waals surface area contributed by atoms with Crippen molar-refractivity contribution in [2.24, 2.45) is 0 Å². The minimum Gasteiger partial charge on any atom is -0.416 e. The Hall–Kier alpha value is -2.02. The van der Waals surface area contributed by atoms with Gasteiger partial charge >= 0.3 is 0 Å². The van der Waals surface area contributed by atoms with E-state index in [2.05, 4.69) is 39.4 Å². The quantitative estimate of drug-likeness (QED) is 0.291. The van der Waals surface area contributed by atoms with Gasteiger partial charge in [0.15, 0.2) is 0 Å². The third-order valence-corrected chi connectivity index (χ3v) is 5.97. The Morgan fingerprint density at radius 3 is 2.70 bits per heavy atom. The van der Waals surface area contributed by atoms with E-state index in [-0.39, 0.29) is 0 Å². The predicted molar refractivity (Wildman–Crippen MR) is 112 cm³/mol. The van der Waals surface area contributed by atoms with Crippen LogP contribution >= 0.6 is 35.1 Å². The van der Waals surface area contributed by atoms with E-state index in [4.69, 9.17) is 16.0 Å². The molecule has 0 saturated heterocycles. The van der Waals surface area contributed by atoms with Crippen molar-refractivity contribution in [2.45, 2.75) is 22.3 Å². The first-order valence-corrected chi connectivity index (χ1v) is 10.9. The molecule has 4 nitrogen and oxygen atoms in total. The van der Waals surface area contributed by atoms with Crippen molar-refractivity contribution in [3.8, 4) is 0 Å². The van der Waals surface area contributed by atoms with E-state index in [1.165, 1.54) is 16.7 Å². The maximum atomic E-state index is 6.38. The highest BCUT2D eigenvalue weighted by molar-refractivity contribution is 7.98. The average molecular weight is 414 g/mol. The highest BCUT2D eigenvalue weighted by Crippen LogP contribution is 2.29. The van der Waals surface area contributed by atoms with Crippen molar-refractivity contribution in [3.05, 3.63) is 76.8 Å². The molecule has 0 unspecified atom stereocenters. The van der Waals surface area contributed by atoms with Crippen molar-refractivity contribution in [3.63, 3.8) is 0 Å². The summed E-state index contributed by atoms with van der Waals surface area (Å²) in [6.45, 7) is 0. The molecule has 27 heavy (non-hydrogen) atoms. The van der Waals surface area contributed by atoms with Crippen LogP contribution in [0.5, 0.6) is 0 Å². The Kier molecular flexibility index (Phi) is 5.66. The number of rotatable bonds is 6. The second kappa shape index (κ2) is 8.33. The molecule has 4 rings (SSSR count). The van der Waals surface area contributed by atoms with E-state index >= 15 is 0 Å². The molecule has 0 amide bonds. The summed E-state index contributed by atoms with van der Waals surface area (Å²) in [7, 11) is 0. The van der Waals surface area contributed by atoms with Gasteiger partial charge in [0.25, 0.3) is 5.22 Å². The van der Waals surface area contributed by atoms with Gasteiger partial charge in [0.05, 0.1) is 11.9 Å². The Morgan fingerprint density at radius 2 is 1.89 bits per heavy atom. The highest BCUT2D eigenvalue weighted by atomic mass is 35.5. The Morgan fingerprint density at radius 1 is 1.04 bits per heavy atom. The molecule has 2 aromatic heterocycles. The van der Waals surface area contributed by atoms with Crippen molar-refractivity contribution >= 4 is 46.0 Å². The van der Waals surface area contributed by atoms with Crippen LogP contribution in [0.2, 0.25) is 5.15 Å². The zero-order valence-electron chi connectivity index (χ0n) is 14.6. The molecule has 7 heteroatoms. The van der Waals surface area contributed by atoms with Gasteiger partial charge in [-0.3, -0.25) is 0 Å². The van der Waals surface area contributed by atoms with Crippen LogP contribution in [0.4, 0.5) is 0 Å². The van der Waals surface area contributed by atoms with Crippen LogP contribution in [0.25, 0.3) is 10.9 Å². The summed E-state index contributed by atoms with van der Waals surface area (Å²) >= 11 is 9.54. The van der Waals surface area contributed by atoms with E-state index in [0.717, 1.165) is 22.0 Å². The van der Waals surface area contributed by atoms with E-state index in [9.17, 15) is 0 Å². The lowest BCUT2D eigenvalue weighted by molar-refractivity contribution is 0.420. The van der Waals surface area contributed by atoms with Gasteiger partial charge in [-0.1, -0.05) is 59.8 Å². The van der Waals surface area contributed by atoms with Crippen molar-refractivity contribution in [1.82, 2.24) is 15.2 Å². The average Bonchev–Trinajstić information content (AvgIpc) is 3.14. The monoisotopic (exact) mass is 413 g/mol. The number of benzene rings is 2. The third kappa shape index (κ3) is 4.46. The maximum Gasteiger partial charge on any atom is 0.276 e. The van der Waals surface area contributed by atoms with Crippen LogP contribution in [0.1, 0.15) is 17.0 Å². The first-order valence-electron chi connectivity index (χ1n) is 8.33. The van der Waals surface area contributed by atoms with E-state index in [1.54, 1.807) is 11.8 Å². The lowest BCUT2D eigenvalue weighted by Gasteiger charge is -2.06. The molecule has 2 aromatic carbocycles. The SMILES string of the molecule is CSc1ccc2cc(CSc3nnc(Cc4ccccc4)o3)c(Cl)nc2c1. The van der Waals surface area contributed by atoms with Crippen molar-refractivity contribution in [2.75, 3.05) is 6.26 Å². The smallest absolute Gasteiger partial charge is 0.276 e. The molecule has 0 radical (unpaired) electrons. The van der Waals surface area contributed by atoms with Gasteiger partial charge in [-0.05, 0) is 30.0 Å². The number of fused-ring (bicyclic) bond motifs is 1. The second-order valence-electron chi connectivity index (χ2n) is 5.91. The molecule has 0 saturated carbocycles. The topological polar surface area (TPSA) is 51.8 Å². The summed E-state index contributed by atoms with van der Waals surface area (Å²) in [6.07, 6.45) is 2.68. The van der Waals surface area contributed by atoms with Gasteiger partial charge in [-0.15, -0.1) is 22.0 Å². The lowest BCUT2D eigenvalue weighted by atomic mass is 10.2. The van der Waals surface area contributed by atoms with E-state index in [1.807, 2.05) is 36.6 Å². The maximum absolute atomic E-state index is 6.38. The molecule has 0 aliphatic heterocycles. The fourth-order valence-electron chi connectivity index (χ4n) is 2.67. The summed E-state index contributed by atoms with van der Waals surface area (Å²) in [5.74, 6) is 1.23. The fraction of sp³-hybridized carbons (Fsp3) is 0.150. The number of pyridine rings is 1. The standard InChI is InChI=1S/C20H16ClN3OS2/c1-26-16-8-7-14-10-15(19(21)22-17(14)11-16)12-27-20-24-23-18(25-20)9-13-5-3-2-4-6-13/h2-8,10-11H,9,12H2,1H3. The van der Waals surface area contributed by atoms with Gasteiger partial charge < -0.3 is 4.42 Å². The third-order valence-electron chi connectivity index (χ3n) is 4.05. The minimum absolute atomic E-state index is 0.511. The molecule has 0 fully saturated rings. The predicted octanol–water partition coefficient (Wildman–Crippen LogP) is 5.88. The van der Waals surface area contributed by atoms with Crippen LogP contribution in [-0.2, 0) is 12.2 Å². The number of hydrogen-bond acceptors (Lipinski definition) is 6. The van der Waals surface area contributed by atoms with Crippen LogP contribution in [-0.4, -0.2) is 21.4 Å². The first kappa shape index (κ1) is 18.3. The van der Waals surface area contributed by atoms with Gasteiger partial charge in [0.2, 0.25) is 5.89 Å². The first-order chi connectivity index (χ1) is 13.2. The van der Waals surface area contributed by atoms with Gasteiger partial charge in [-0.2, -0.15) is 0 Å². The molecular formula is C20H16ClN3OS2. The van der Waals surface area contributed by atoms with Crippen molar-refractivity contribution < 1.29 is 4.42 Å². The normalized spacial score (nSPS) is 11.2. The number of halogens is 1. The number of thioether (sulfide) groups is 2. The molecular weight excluding hydrogens is 398 g/mol. The lowest BCUT2D eigenvalue weighted by Crippen LogP contribution is -1.89. The number of hydrogen-bond donors (Lipinski definition) is 0. The van der Waals surface area contributed by atoms with Crippen molar-refractivity contribution in [1.29, 1.82) is 0 Å². The van der Waals surface area contributed by atoms with Gasteiger partial charge in [0.1, 0.15) is 5.15 Å². The summed E-state index contributed by atoms with van der Waals surface area (Å²) in [6, 6.07) is 18.4. The molecule has 2 heterocycles. The molecule has 136 valence electrons. The highest BCUT2D eigenvalue weighted by Gasteiger charge is 2.11. The van der Waals surface area contributed by atoms with Crippen LogP contribution in [0.3, 0.4) is 0 Å². The fourth-order valence-corrected chi connectivity index (χ4v) is 4.15. The second-order valence-corrected chi connectivity index (χ2v) is 8.07.